The van der Waals surface area contributed by atoms with Gasteiger partial charge in [0.25, 0.3) is 8.53 Å². The Labute approximate surface area is 124 Å². The van der Waals surface area contributed by atoms with Crippen LogP contribution in [0.4, 0.5) is 0 Å². The predicted molar refractivity (Wildman–Crippen MR) is 82.1 cm³/mol. The first-order valence-corrected chi connectivity index (χ1v) is 8.49. The van der Waals surface area contributed by atoms with Crippen molar-refractivity contribution in [1.82, 2.24) is 4.67 Å². The van der Waals surface area contributed by atoms with E-state index in [1.165, 1.54) is 0 Å². The highest BCUT2D eigenvalue weighted by molar-refractivity contribution is 7.44. The van der Waals surface area contributed by atoms with Crippen LogP contribution in [0.15, 0.2) is 0 Å². The molecule has 1 atom stereocenters. The fourth-order valence-corrected chi connectivity index (χ4v) is 3.47. The number of aliphatic hydroxyl groups excluding tert-OH is 1. The molecule has 0 aliphatic heterocycles. The lowest BCUT2D eigenvalue weighted by molar-refractivity contribution is 0.173. The molecule has 0 bridgehead atoms. The molecular weight excluding hydrogens is 275 g/mol. The Morgan fingerprint density at radius 2 is 1.65 bits per heavy atom. The summed E-state index contributed by atoms with van der Waals surface area (Å²) in [6.07, 6.45) is 3.08. The molecule has 0 aromatic rings. The van der Waals surface area contributed by atoms with Crippen molar-refractivity contribution in [3.8, 4) is 6.07 Å². The summed E-state index contributed by atoms with van der Waals surface area (Å²) in [4.78, 5) is 0. The van der Waals surface area contributed by atoms with Gasteiger partial charge in [-0.2, -0.15) is 5.26 Å². The lowest BCUT2D eigenvalue weighted by Crippen LogP contribution is -2.33. The molecule has 0 saturated carbocycles. The molecule has 0 saturated heterocycles. The van der Waals surface area contributed by atoms with Gasteiger partial charge in [0.2, 0.25) is 0 Å². The van der Waals surface area contributed by atoms with Crippen molar-refractivity contribution in [2.75, 3.05) is 19.8 Å². The van der Waals surface area contributed by atoms with Crippen LogP contribution in [0.3, 0.4) is 0 Å². The van der Waals surface area contributed by atoms with Crippen molar-refractivity contribution in [2.45, 2.75) is 65.5 Å². The second kappa shape index (κ2) is 12.5. The minimum Gasteiger partial charge on any atom is -0.396 e. The molecule has 0 aromatic heterocycles. The van der Waals surface area contributed by atoms with Gasteiger partial charge in [-0.25, -0.2) is 4.67 Å². The normalized spacial score (nSPS) is 13.2. The summed E-state index contributed by atoms with van der Waals surface area (Å²) in [6.45, 7) is 9.77. The highest BCUT2D eigenvalue weighted by atomic mass is 31.2. The topological polar surface area (TPSA) is 65.7 Å². The summed E-state index contributed by atoms with van der Waals surface area (Å²) in [6, 6.07) is 2.76. The van der Waals surface area contributed by atoms with E-state index in [0.29, 0.717) is 31.7 Å². The molecule has 0 aliphatic rings. The predicted octanol–water partition coefficient (Wildman–Crippen LogP) is 3.44. The molecule has 20 heavy (non-hydrogen) atoms. The first-order valence-electron chi connectivity index (χ1n) is 7.36. The molecule has 0 heterocycles. The van der Waals surface area contributed by atoms with E-state index in [1.54, 1.807) is 0 Å². The van der Waals surface area contributed by atoms with Gasteiger partial charge < -0.3 is 14.2 Å². The zero-order chi connectivity index (χ0) is 15.4. The van der Waals surface area contributed by atoms with Crippen LogP contribution in [0.2, 0.25) is 0 Å². The number of hydrogen-bond acceptors (Lipinski definition) is 5. The van der Waals surface area contributed by atoms with Crippen LogP contribution in [-0.2, 0) is 9.05 Å². The van der Waals surface area contributed by atoms with E-state index in [1.807, 2.05) is 0 Å². The van der Waals surface area contributed by atoms with Crippen LogP contribution in [-0.4, -0.2) is 41.7 Å². The summed E-state index contributed by atoms with van der Waals surface area (Å²) in [5.74, 6) is 0. The van der Waals surface area contributed by atoms with Crippen molar-refractivity contribution < 1.29 is 14.2 Å². The SMILES string of the molecule is CC(C)N(C(C)C)P(OCCC#N)OCCCCCO. The summed E-state index contributed by atoms with van der Waals surface area (Å²) >= 11 is 0. The van der Waals surface area contributed by atoms with E-state index in [0.717, 1.165) is 19.3 Å². The number of aliphatic hydroxyl groups is 1. The van der Waals surface area contributed by atoms with Crippen molar-refractivity contribution in [2.24, 2.45) is 0 Å². The van der Waals surface area contributed by atoms with Crippen LogP contribution in [0, 0.1) is 11.3 Å². The highest BCUT2D eigenvalue weighted by Crippen LogP contribution is 2.46. The minimum absolute atomic E-state index is 0.234. The average molecular weight is 304 g/mol. The van der Waals surface area contributed by atoms with Gasteiger partial charge >= 0.3 is 0 Å². The molecule has 1 unspecified atom stereocenters. The van der Waals surface area contributed by atoms with Gasteiger partial charge in [-0.3, -0.25) is 0 Å². The van der Waals surface area contributed by atoms with Crippen molar-refractivity contribution in [1.29, 1.82) is 5.26 Å². The van der Waals surface area contributed by atoms with Gasteiger partial charge in [0, 0.05) is 18.7 Å². The van der Waals surface area contributed by atoms with Crippen molar-refractivity contribution >= 4 is 8.53 Å². The maximum Gasteiger partial charge on any atom is 0.259 e. The van der Waals surface area contributed by atoms with Gasteiger partial charge in [-0.1, -0.05) is 0 Å². The summed E-state index contributed by atoms with van der Waals surface area (Å²) in [7, 11) is -1.12. The summed E-state index contributed by atoms with van der Waals surface area (Å²) in [5, 5.41) is 17.4. The second-order valence-electron chi connectivity index (χ2n) is 5.16. The number of nitriles is 1. The van der Waals surface area contributed by atoms with Crippen LogP contribution in [0.25, 0.3) is 0 Å². The summed E-state index contributed by atoms with van der Waals surface area (Å²) < 4.78 is 13.9. The van der Waals surface area contributed by atoms with Crippen LogP contribution < -0.4 is 0 Å². The molecule has 118 valence electrons. The lowest BCUT2D eigenvalue weighted by Gasteiger charge is -2.35. The van der Waals surface area contributed by atoms with E-state index >= 15 is 0 Å². The van der Waals surface area contributed by atoms with Gasteiger partial charge in [-0.05, 0) is 47.0 Å². The van der Waals surface area contributed by atoms with Crippen LogP contribution in [0.1, 0.15) is 53.4 Å². The van der Waals surface area contributed by atoms with Gasteiger partial charge in [-0.15, -0.1) is 0 Å². The molecule has 0 radical (unpaired) electrons. The minimum atomic E-state index is -1.12. The standard InChI is InChI=1S/C14H29N2O3P/c1-13(2)16(14(3)4)20(19-12-8-9-15)18-11-7-5-6-10-17/h13-14,17H,5-8,10-12H2,1-4H3. The molecule has 1 N–H and O–H groups in total. The third-order valence-electron chi connectivity index (χ3n) is 2.67. The molecule has 0 fully saturated rings. The first kappa shape index (κ1) is 19.8. The number of nitrogens with zero attached hydrogens (tertiary/aromatic N) is 2. The highest BCUT2D eigenvalue weighted by Gasteiger charge is 2.26. The van der Waals surface area contributed by atoms with Crippen LogP contribution >= 0.6 is 8.53 Å². The molecule has 0 amide bonds. The monoisotopic (exact) mass is 304 g/mol. The fourth-order valence-electron chi connectivity index (χ4n) is 1.85. The smallest absolute Gasteiger partial charge is 0.259 e. The van der Waals surface area contributed by atoms with E-state index < -0.39 is 8.53 Å². The Balaban J connectivity index is 4.34. The Kier molecular flexibility index (Phi) is 12.3. The third kappa shape index (κ3) is 8.84. The van der Waals surface area contributed by atoms with Crippen molar-refractivity contribution in [3.05, 3.63) is 0 Å². The Morgan fingerprint density at radius 1 is 1.05 bits per heavy atom. The maximum atomic E-state index is 8.75. The van der Waals surface area contributed by atoms with E-state index in [4.69, 9.17) is 19.4 Å². The zero-order valence-corrected chi connectivity index (χ0v) is 14.1. The fraction of sp³-hybridized carbons (Fsp3) is 0.929. The number of unbranched alkanes of at least 4 members (excludes halogenated alkanes) is 2. The molecule has 0 aliphatic carbocycles. The Bertz CT molecular complexity index is 262. The lowest BCUT2D eigenvalue weighted by atomic mass is 10.2. The molecular formula is C14H29N2O3P. The Hall–Kier alpha value is -0.240. The van der Waals surface area contributed by atoms with Crippen molar-refractivity contribution in [3.63, 3.8) is 0 Å². The molecule has 0 rings (SSSR count). The quantitative estimate of drug-likeness (QED) is 0.442. The van der Waals surface area contributed by atoms with E-state index in [2.05, 4.69) is 38.4 Å². The van der Waals surface area contributed by atoms with E-state index in [9.17, 15) is 0 Å². The van der Waals surface area contributed by atoms with Gasteiger partial charge in [0.1, 0.15) is 0 Å². The van der Waals surface area contributed by atoms with Crippen LogP contribution in [0.5, 0.6) is 0 Å². The second-order valence-corrected chi connectivity index (χ2v) is 6.62. The average Bonchev–Trinajstić information content (AvgIpc) is 2.37. The first-order chi connectivity index (χ1) is 9.54. The summed E-state index contributed by atoms with van der Waals surface area (Å²) in [5.41, 5.74) is 0. The zero-order valence-electron chi connectivity index (χ0n) is 13.2. The number of hydrogen-bond donors (Lipinski definition) is 1. The Morgan fingerprint density at radius 3 is 2.15 bits per heavy atom. The third-order valence-corrected chi connectivity index (χ3v) is 4.77. The largest absolute Gasteiger partial charge is 0.396 e. The van der Waals surface area contributed by atoms with Gasteiger partial charge in [0.05, 0.1) is 25.7 Å². The van der Waals surface area contributed by atoms with Gasteiger partial charge in [0.15, 0.2) is 0 Å². The molecule has 6 heteroatoms. The molecule has 0 aromatic carbocycles. The maximum absolute atomic E-state index is 8.75. The van der Waals surface area contributed by atoms with E-state index in [-0.39, 0.29) is 6.61 Å². The molecule has 5 nitrogen and oxygen atoms in total. The molecule has 0 spiro atoms. The number of rotatable bonds is 12.